The zero-order chi connectivity index (χ0) is 13.9. The van der Waals surface area contributed by atoms with Crippen molar-refractivity contribution in [3.63, 3.8) is 0 Å². The van der Waals surface area contributed by atoms with E-state index in [1.165, 1.54) is 0 Å². The number of carbonyl (C=O) groups is 1. The summed E-state index contributed by atoms with van der Waals surface area (Å²) in [5.74, 6) is 1.42. The van der Waals surface area contributed by atoms with Crippen LogP contribution in [0.5, 0.6) is 5.75 Å². The summed E-state index contributed by atoms with van der Waals surface area (Å²) in [6.45, 7) is 2.18. The van der Waals surface area contributed by atoms with Gasteiger partial charge in [0.05, 0.1) is 6.54 Å². The van der Waals surface area contributed by atoms with Gasteiger partial charge in [-0.2, -0.15) is 0 Å². The first-order valence-corrected chi connectivity index (χ1v) is 6.67. The Hall–Kier alpha value is -2.30. The minimum Gasteiger partial charge on any atom is -0.480 e. The van der Waals surface area contributed by atoms with Crippen molar-refractivity contribution >= 4 is 5.91 Å². The molecule has 1 aliphatic rings. The van der Waals surface area contributed by atoms with E-state index >= 15 is 0 Å². The van der Waals surface area contributed by atoms with Crippen molar-refractivity contribution in [3.8, 4) is 5.75 Å². The molecule has 104 valence electrons. The number of amides is 1. The average molecular weight is 272 g/mol. The molecule has 5 nitrogen and oxygen atoms in total. The molecule has 1 amide bonds. The SMILES string of the molecule is Cc1cc(CNC(=O)C2CCc3ccccc3O2)no1. The van der Waals surface area contributed by atoms with Crippen LogP contribution < -0.4 is 10.1 Å². The van der Waals surface area contributed by atoms with Gasteiger partial charge in [0.25, 0.3) is 5.91 Å². The molecule has 0 radical (unpaired) electrons. The van der Waals surface area contributed by atoms with E-state index in [-0.39, 0.29) is 5.91 Å². The number of hydrogen-bond acceptors (Lipinski definition) is 4. The number of rotatable bonds is 3. The fourth-order valence-corrected chi connectivity index (χ4v) is 2.30. The number of nitrogens with zero attached hydrogens (tertiary/aromatic N) is 1. The average Bonchev–Trinajstić information content (AvgIpc) is 2.90. The zero-order valence-electron chi connectivity index (χ0n) is 11.3. The maximum atomic E-state index is 12.1. The van der Waals surface area contributed by atoms with E-state index in [2.05, 4.69) is 10.5 Å². The van der Waals surface area contributed by atoms with Gasteiger partial charge in [-0.15, -0.1) is 0 Å². The maximum Gasteiger partial charge on any atom is 0.261 e. The Morgan fingerprint density at radius 3 is 3.10 bits per heavy atom. The molecule has 1 N–H and O–H groups in total. The van der Waals surface area contributed by atoms with Crippen LogP contribution in [0, 0.1) is 6.92 Å². The second kappa shape index (κ2) is 5.36. The lowest BCUT2D eigenvalue weighted by molar-refractivity contribution is -0.128. The van der Waals surface area contributed by atoms with Gasteiger partial charge in [0.15, 0.2) is 6.10 Å². The van der Waals surface area contributed by atoms with Crippen LogP contribution in [0.1, 0.15) is 23.4 Å². The van der Waals surface area contributed by atoms with Crippen molar-refractivity contribution in [3.05, 3.63) is 47.3 Å². The van der Waals surface area contributed by atoms with Gasteiger partial charge in [0, 0.05) is 6.07 Å². The van der Waals surface area contributed by atoms with E-state index in [4.69, 9.17) is 9.26 Å². The molecule has 2 heterocycles. The second-order valence-electron chi connectivity index (χ2n) is 4.90. The van der Waals surface area contributed by atoms with E-state index in [9.17, 15) is 4.79 Å². The van der Waals surface area contributed by atoms with Crippen molar-refractivity contribution in [2.24, 2.45) is 0 Å². The molecular formula is C15H16N2O3. The summed E-state index contributed by atoms with van der Waals surface area (Å²) in [5, 5.41) is 6.66. The zero-order valence-corrected chi connectivity index (χ0v) is 11.3. The number of aryl methyl sites for hydroxylation is 2. The molecule has 1 atom stereocenters. The van der Waals surface area contributed by atoms with Gasteiger partial charge in [-0.1, -0.05) is 23.4 Å². The Morgan fingerprint density at radius 1 is 1.45 bits per heavy atom. The number of para-hydroxylation sites is 1. The molecule has 5 heteroatoms. The Morgan fingerprint density at radius 2 is 2.30 bits per heavy atom. The van der Waals surface area contributed by atoms with E-state index in [1.54, 1.807) is 6.07 Å². The Kier molecular flexibility index (Phi) is 3.41. The van der Waals surface area contributed by atoms with Gasteiger partial charge >= 0.3 is 0 Å². The minimum absolute atomic E-state index is 0.111. The van der Waals surface area contributed by atoms with E-state index in [0.29, 0.717) is 18.7 Å². The van der Waals surface area contributed by atoms with Crippen molar-refractivity contribution in [2.45, 2.75) is 32.4 Å². The number of nitrogens with one attached hydrogen (secondary N) is 1. The van der Waals surface area contributed by atoms with Crippen LogP contribution in [0.2, 0.25) is 0 Å². The van der Waals surface area contributed by atoms with Crippen LogP contribution in [0.3, 0.4) is 0 Å². The van der Waals surface area contributed by atoms with Crippen LogP contribution in [0.25, 0.3) is 0 Å². The first kappa shape index (κ1) is 12.7. The Labute approximate surface area is 116 Å². The summed E-state index contributed by atoms with van der Waals surface area (Å²) in [4.78, 5) is 12.1. The van der Waals surface area contributed by atoms with Crippen molar-refractivity contribution in [1.82, 2.24) is 10.5 Å². The quantitative estimate of drug-likeness (QED) is 0.928. The highest BCUT2D eigenvalue weighted by molar-refractivity contribution is 5.81. The van der Waals surface area contributed by atoms with Crippen LogP contribution >= 0.6 is 0 Å². The fraction of sp³-hybridized carbons (Fsp3) is 0.333. The second-order valence-corrected chi connectivity index (χ2v) is 4.90. The summed E-state index contributed by atoms with van der Waals surface area (Å²) < 4.78 is 10.7. The minimum atomic E-state index is -0.433. The first-order chi connectivity index (χ1) is 9.72. The molecule has 1 aromatic heterocycles. The summed E-state index contributed by atoms with van der Waals surface area (Å²) in [7, 11) is 0. The smallest absolute Gasteiger partial charge is 0.261 e. The monoisotopic (exact) mass is 272 g/mol. The van der Waals surface area contributed by atoms with Crippen LogP contribution in [0.4, 0.5) is 0 Å². The Bertz CT molecular complexity index is 621. The van der Waals surface area contributed by atoms with E-state index < -0.39 is 6.10 Å². The molecule has 0 spiro atoms. The van der Waals surface area contributed by atoms with Crippen LogP contribution in [-0.2, 0) is 17.8 Å². The third-order valence-corrected chi connectivity index (χ3v) is 3.33. The largest absolute Gasteiger partial charge is 0.480 e. The molecule has 20 heavy (non-hydrogen) atoms. The topological polar surface area (TPSA) is 64.4 Å². The molecule has 1 unspecified atom stereocenters. The summed E-state index contributed by atoms with van der Waals surface area (Å²) >= 11 is 0. The molecule has 0 saturated heterocycles. The Balaban J connectivity index is 1.59. The van der Waals surface area contributed by atoms with Gasteiger partial charge in [-0.3, -0.25) is 4.79 Å². The van der Waals surface area contributed by atoms with E-state index in [1.807, 2.05) is 31.2 Å². The molecule has 1 aliphatic heterocycles. The standard InChI is InChI=1S/C15H16N2O3/c1-10-8-12(17-20-10)9-16-15(18)14-7-6-11-4-2-3-5-13(11)19-14/h2-5,8,14H,6-7,9H2,1H3,(H,16,18). The molecular weight excluding hydrogens is 256 g/mol. The number of fused-ring (bicyclic) bond motifs is 1. The molecule has 0 bridgehead atoms. The number of hydrogen-bond donors (Lipinski definition) is 1. The molecule has 3 rings (SSSR count). The highest BCUT2D eigenvalue weighted by atomic mass is 16.5. The lowest BCUT2D eigenvalue weighted by atomic mass is 10.0. The van der Waals surface area contributed by atoms with Crippen LogP contribution in [-0.4, -0.2) is 17.2 Å². The molecule has 0 aliphatic carbocycles. The number of aromatic nitrogens is 1. The number of ether oxygens (including phenoxy) is 1. The van der Waals surface area contributed by atoms with Gasteiger partial charge < -0.3 is 14.6 Å². The molecule has 2 aromatic rings. The van der Waals surface area contributed by atoms with Gasteiger partial charge in [-0.25, -0.2) is 0 Å². The molecule has 0 saturated carbocycles. The highest BCUT2D eigenvalue weighted by Crippen LogP contribution is 2.27. The maximum absolute atomic E-state index is 12.1. The number of carbonyl (C=O) groups excluding carboxylic acids is 1. The predicted octanol–water partition coefficient (Wildman–Crippen LogP) is 1.99. The highest BCUT2D eigenvalue weighted by Gasteiger charge is 2.25. The first-order valence-electron chi connectivity index (χ1n) is 6.67. The van der Waals surface area contributed by atoms with Gasteiger partial charge in [-0.05, 0) is 31.4 Å². The fourth-order valence-electron chi connectivity index (χ4n) is 2.30. The molecule has 1 aromatic carbocycles. The van der Waals surface area contributed by atoms with Gasteiger partial charge in [0.1, 0.15) is 17.2 Å². The lowest BCUT2D eigenvalue weighted by Gasteiger charge is -2.25. The van der Waals surface area contributed by atoms with Crippen LogP contribution in [0.15, 0.2) is 34.9 Å². The summed E-state index contributed by atoms with van der Waals surface area (Å²) in [6.07, 6.45) is 1.12. The lowest BCUT2D eigenvalue weighted by Crippen LogP contribution is -2.40. The normalized spacial score (nSPS) is 17.1. The molecule has 0 fully saturated rings. The van der Waals surface area contributed by atoms with Crippen molar-refractivity contribution in [1.29, 1.82) is 0 Å². The van der Waals surface area contributed by atoms with Crippen molar-refractivity contribution in [2.75, 3.05) is 0 Å². The van der Waals surface area contributed by atoms with Crippen molar-refractivity contribution < 1.29 is 14.1 Å². The predicted molar refractivity (Wildman–Crippen MR) is 72.3 cm³/mol. The number of benzene rings is 1. The van der Waals surface area contributed by atoms with Gasteiger partial charge in [0.2, 0.25) is 0 Å². The summed E-state index contributed by atoms with van der Waals surface area (Å²) in [5.41, 5.74) is 1.87. The third-order valence-electron chi connectivity index (χ3n) is 3.33. The summed E-state index contributed by atoms with van der Waals surface area (Å²) in [6, 6.07) is 9.63. The van der Waals surface area contributed by atoms with E-state index in [0.717, 1.165) is 23.5 Å². The third kappa shape index (κ3) is 2.66.